The number of piperidine rings is 1. The van der Waals surface area contributed by atoms with Gasteiger partial charge in [0, 0.05) is 38.8 Å². The molecule has 3 unspecified atom stereocenters. The van der Waals surface area contributed by atoms with Gasteiger partial charge < -0.3 is 20.7 Å². The van der Waals surface area contributed by atoms with Crippen LogP contribution in [0.15, 0.2) is 24.3 Å². The van der Waals surface area contributed by atoms with Crippen LogP contribution in [0, 0.1) is 18.8 Å². The summed E-state index contributed by atoms with van der Waals surface area (Å²) in [4.78, 5) is 30.7. The first-order valence-electron chi connectivity index (χ1n) is 13.6. The van der Waals surface area contributed by atoms with Gasteiger partial charge in [-0.15, -0.1) is 0 Å². The van der Waals surface area contributed by atoms with Gasteiger partial charge in [-0.25, -0.2) is 0 Å². The predicted octanol–water partition coefficient (Wildman–Crippen LogP) is 2.85. The molecule has 4 atom stereocenters. The lowest BCUT2D eigenvalue weighted by Gasteiger charge is -2.43. The van der Waals surface area contributed by atoms with Crippen molar-refractivity contribution in [2.75, 3.05) is 33.4 Å². The van der Waals surface area contributed by atoms with Crippen LogP contribution in [-0.4, -0.2) is 73.1 Å². The van der Waals surface area contributed by atoms with Gasteiger partial charge in [0.25, 0.3) is 0 Å². The molecule has 0 radical (unpaired) electrons. The number of nitrogens with two attached hydrogens (primary N) is 1. The molecule has 35 heavy (non-hydrogen) atoms. The van der Waals surface area contributed by atoms with E-state index in [2.05, 4.69) is 41.4 Å². The number of carbonyl (C=O) groups is 2. The number of nitrogens with one attached hydrogen (secondary N) is 1. The molecule has 0 aromatic heterocycles. The van der Waals surface area contributed by atoms with E-state index >= 15 is 0 Å². The smallest absolute Gasteiger partial charge is 0.249 e. The Morgan fingerprint density at radius 3 is 2.57 bits per heavy atom. The number of rotatable bonds is 10. The summed E-state index contributed by atoms with van der Waals surface area (Å²) in [7, 11) is 1.54. The first-order valence-corrected chi connectivity index (χ1v) is 13.6. The molecule has 2 saturated carbocycles. The Bertz CT molecular complexity index is 858. The molecule has 2 aliphatic carbocycles. The van der Waals surface area contributed by atoms with Crippen molar-refractivity contribution in [3.05, 3.63) is 35.4 Å². The Morgan fingerprint density at radius 2 is 1.86 bits per heavy atom. The van der Waals surface area contributed by atoms with Crippen molar-refractivity contribution >= 4 is 11.8 Å². The highest BCUT2D eigenvalue weighted by molar-refractivity contribution is 5.88. The number of methoxy groups -OCH3 is 1. The minimum Gasteiger partial charge on any atom is -0.375 e. The Hall–Kier alpha value is -1.96. The molecule has 1 heterocycles. The number of hydrogen-bond donors (Lipinski definition) is 2. The lowest BCUT2D eigenvalue weighted by molar-refractivity contribution is -0.146. The highest BCUT2D eigenvalue weighted by atomic mass is 16.5. The highest BCUT2D eigenvalue weighted by Crippen LogP contribution is 2.35. The molecule has 1 aromatic carbocycles. The molecule has 3 aliphatic rings. The Balaban J connectivity index is 1.44. The molecule has 1 aliphatic heterocycles. The Kier molecular flexibility index (Phi) is 9.20. The molecule has 7 nitrogen and oxygen atoms in total. The summed E-state index contributed by atoms with van der Waals surface area (Å²) in [6.07, 6.45) is 8.61. The third-order valence-electron chi connectivity index (χ3n) is 8.35. The van der Waals surface area contributed by atoms with E-state index in [0.717, 1.165) is 32.4 Å². The second-order valence-corrected chi connectivity index (χ2v) is 10.9. The van der Waals surface area contributed by atoms with E-state index in [1.165, 1.54) is 43.9 Å². The molecule has 4 rings (SSSR count). The zero-order valence-electron chi connectivity index (χ0n) is 21.6. The number of ether oxygens (including phenoxy) is 1. The van der Waals surface area contributed by atoms with Crippen LogP contribution in [-0.2, 0) is 20.9 Å². The van der Waals surface area contributed by atoms with Gasteiger partial charge in [0.15, 0.2) is 0 Å². The van der Waals surface area contributed by atoms with Crippen LogP contribution in [0.4, 0.5) is 0 Å². The van der Waals surface area contributed by atoms with Gasteiger partial charge in [0.2, 0.25) is 11.8 Å². The summed E-state index contributed by atoms with van der Waals surface area (Å²) < 4.78 is 5.13. The number of carbonyl (C=O) groups excluding carboxylic acids is 2. The van der Waals surface area contributed by atoms with Crippen LogP contribution in [0.3, 0.4) is 0 Å². The highest BCUT2D eigenvalue weighted by Gasteiger charge is 2.42. The zero-order chi connectivity index (χ0) is 24.8. The van der Waals surface area contributed by atoms with Crippen LogP contribution < -0.4 is 11.1 Å². The van der Waals surface area contributed by atoms with Crippen molar-refractivity contribution in [3.8, 4) is 0 Å². The molecule has 2 amide bonds. The van der Waals surface area contributed by atoms with Crippen LogP contribution >= 0.6 is 0 Å². The lowest BCUT2D eigenvalue weighted by atomic mass is 9.81. The van der Waals surface area contributed by atoms with Crippen LogP contribution in [0.25, 0.3) is 0 Å². The average Bonchev–Trinajstić information content (AvgIpc) is 3.72. The molecular formula is C28H44N4O3. The van der Waals surface area contributed by atoms with E-state index in [1.807, 2.05) is 0 Å². The zero-order valence-corrected chi connectivity index (χ0v) is 21.6. The quantitative estimate of drug-likeness (QED) is 0.533. The number of aryl methyl sites for hydroxylation is 1. The molecule has 194 valence electrons. The number of nitrogens with zero attached hydrogens (tertiary/aromatic N) is 2. The average molecular weight is 485 g/mol. The summed E-state index contributed by atoms with van der Waals surface area (Å²) >= 11 is 0. The molecule has 3 N–H and O–H groups in total. The molecule has 0 spiro atoms. The van der Waals surface area contributed by atoms with Crippen LogP contribution in [0.5, 0.6) is 0 Å². The van der Waals surface area contributed by atoms with Crippen molar-refractivity contribution in [3.63, 3.8) is 0 Å². The lowest BCUT2D eigenvalue weighted by Crippen LogP contribution is -2.58. The summed E-state index contributed by atoms with van der Waals surface area (Å²) in [6.45, 7) is 5.10. The SMILES string of the molecule is COCC(=O)N1CCC(N(Cc2ccccc2C)C2CC2)C[C@@H]1C(=O)NCC1CCCC(CN)C1. The number of likely N-dealkylation sites (tertiary alicyclic amines) is 1. The molecule has 1 saturated heterocycles. The maximum absolute atomic E-state index is 13.5. The van der Waals surface area contributed by atoms with Crippen LogP contribution in [0.2, 0.25) is 0 Å². The molecular weight excluding hydrogens is 440 g/mol. The summed E-state index contributed by atoms with van der Waals surface area (Å²) in [5.41, 5.74) is 8.57. The third-order valence-corrected chi connectivity index (χ3v) is 8.35. The first kappa shape index (κ1) is 26.1. The van der Waals surface area contributed by atoms with Crippen molar-refractivity contribution in [1.29, 1.82) is 0 Å². The van der Waals surface area contributed by atoms with Gasteiger partial charge in [-0.1, -0.05) is 30.7 Å². The summed E-state index contributed by atoms with van der Waals surface area (Å²) in [6, 6.07) is 9.01. The Labute approximate surface area is 210 Å². The van der Waals surface area contributed by atoms with Gasteiger partial charge in [-0.3, -0.25) is 14.5 Å². The van der Waals surface area contributed by atoms with Crippen molar-refractivity contribution < 1.29 is 14.3 Å². The second kappa shape index (κ2) is 12.3. The van der Waals surface area contributed by atoms with Gasteiger partial charge in [0.05, 0.1) is 0 Å². The summed E-state index contributed by atoms with van der Waals surface area (Å²) in [5, 5.41) is 3.22. The maximum Gasteiger partial charge on any atom is 0.249 e. The molecule has 7 heteroatoms. The number of amides is 2. The minimum absolute atomic E-state index is 0.0133. The number of benzene rings is 1. The first-order chi connectivity index (χ1) is 17.0. The minimum atomic E-state index is -0.441. The van der Waals surface area contributed by atoms with Gasteiger partial charge >= 0.3 is 0 Å². The molecule has 3 fully saturated rings. The fourth-order valence-corrected chi connectivity index (χ4v) is 6.11. The van der Waals surface area contributed by atoms with Gasteiger partial charge in [0.1, 0.15) is 12.6 Å². The van der Waals surface area contributed by atoms with E-state index in [9.17, 15) is 9.59 Å². The fraction of sp³-hybridized carbons (Fsp3) is 0.714. The van der Waals surface area contributed by atoms with E-state index in [1.54, 1.807) is 4.90 Å². The maximum atomic E-state index is 13.5. The topological polar surface area (TPSA) is 87.9 Å². The Morgan fingerprint density at radius 1 is 1.09 bits per heavy atom. The monoisotopic (exact) mass is 484 g/mol. The van der Waals surface area contributed by atoms with E-state index in [-0.39, 0.29) is 18.4 Å². The number of hydrogen-bond acceptors (Lipinski definition) is 5. The largest absolute Gasteiger partial charge is 0.375 e. The molecule has 1 aromatic rings. The molecule has 0 bridgehead atoms. The van der Waals surface area contributed by atoms with Crippen molar-refractivity contribution in [1.82, 2.24) is 15.1 Å². The third kappa shape index (κ3) is 6.83. The second-order valence-electron chi connectivity index (χ2n) is 10.9. The van der Waals surface area contributed by atoms with Crippen LogP contribution in [0.1, 0.15) is 62.5 Å². The predicted molar refractivity (Wildman–Crippen MR) is 138 cm³/mol. The standard InChI is InChI=1S/C28H44N4O3/c1-20-6-3-4-9-23(20)18-32(24-10-11-24)25-12-13-31(27(33)19-35-2)26(15-25)28(34)30-17-22-8-5-7-21(14-22)16-29/h3-4,6,9,21-22,24-26H,5,7-8,10-19,29H2,1-2H3,(H,30,34)/t21?,22?,25?,26-/m1/s1. The fourth-order valence-electron chi connectivity index (χ4n) is 6.11. The van der Waals surface area contributed by atoms with E-state index < -0.39 is 6.04 Å². The van der Waals surface area contributed by atoms with Crippen molar-refractivity contribution in [2.24, 2.45) is 17.6 Å². The van der Waals surface area contributed by atoms with Gasteiger partial charge in [-0.2, -0.15) is 0 Å². The summed E-state index contributed by atoms with van der Waals surface area (Å²) in [5.74, 6) is 0.940. The van der Waals surface area contributed by atoms with E-state index in [0.29, 0.717) is 43.4 Å². The van der Waals surface area contributed by atoms with E-state index in [4.69, 9.17) is 10.5 Å². The normalized spacial score (nSPS) is 27.1. The van der Waals surface area contributed by atoms with Gasteiger partial charge in [-0.05, 0) is 81.4 Å². The van der Waals surface area contributed by atoms with Crippen molar-refractivity contribution in [2.45, 2.75) is 83.0 Å².